The molecule has 0 aliphatic carbocycles. The van der Waals surface area contributed by atoms with Crippen molar-refractivity contribution in [3.05, 3.63) is 35.4 Å². The molecule has 0 saturated heterocycles. The lowest BCUT2D eigenvalue weighted by molar-refractivity contribution is 0.0600. The fourth-order valence-electron chi connectivity index (χ4n) is 1.45. The van der Waals surface area contributed by atoms with Crippen LogP contribution in [0.2, 0.25) is 0 Å². The Labute approximate surface area is 119 Å². The van der Waals surface area contributed by atoms with Gasteiger partial charge in [0.05, 0.1) is 24.5 Å². The zero-order valence-electron chi connectivity index (χ0n) is 11.8. The van der Waals surface area contributed by atoms with Gasteiger partial charge in [0.2, 0.25) is 10.0 Å². The second kappa shape index (κ2) is 7.37. The van der Waals surface area contributed by atoms with Gasteiger partial charge >= 0.3 is 5.97 Å². The summed E-state index contributed by atoms with van der Waals surface area (Å²) < 4.78 is 35.7. The lowest BCUT2D eigenvalue weighted by Crippen LogP contribution is -2.32. The van der Waals surface area contributed by atoms with E-state index in [-0.39, 0.29) is 18.4 Å². The average molecular weight is 301 g/mol. The molecule has 7 heteroatoms. The van der Waals surface area contributed by atoms with E-state index in [0.29, 0.717) is 11.1 Å². The first-order valence-electron chi connectivity index (χ1n) is 6.05. The first-order chi connectivity index (χ1) is 9.38. The molecule has 1 unspecified atom stereocenters. The lowest BCUT2D eigenvalue weighted by atomic mass is 10.1. The molecule has 0 radical (unpaired) electrons. The van der Waals surface area contributed by atoms with Crippen molar-refractivity contribution in [3.8, 4) is 0 Å². The Balaban J connectivity index is 2.66. The maximum absolute atomic E-state index is 11.8. The van der Waals surface area contributed by atoms with Crippen molar-refractivity contribution in [2.45, 2.75) is 18.8 Å². The molecule has 0 fully saturated rings. The van der Waals surface area contributed by atoms with E-state index >= 15 is 0 Å². The van der Waals surface area contributed by atoms with Crippen LogP contribution in [0.4, 0.5) is 0 Å². The van der Waals surface area contributed by atoms with Crippen LogP contribution in [0.3, 0.4) is 0 Å². The summed E-state index contributed by atoms with van der Waals surface area (Å²) in [6, 6.07) is 6.25. The molecule has 0 aliphatic rings. The Hall–Kier alpha value is -1.44. The molecule has 0 amide bonds. The van der Waals surface area contributed by atoms with Crippen LogP contribution in [0.15, 0.2) is 24.3 Å². The normalized spacial score (nSPS) is 12.9. The summed E-state index contributed by atoms with van der Waals surface area (Å²) in [5.74, 6) is -0.600. The molecule has 0 heterocycles. The maximum Gasteiger partial charge on any atom is 0.337 e. The Morgan fingerprint density at radius 2 is 1.85 bits per heavy atom. The zero-order valence-corrected chi connectivity index (χ0v) is 12.6. The molecule has 20 heavy (non-hydrogen) atoms. The van der Waals surface area contributed by atoms with E-state index < -0.39 is 16.0 Å². The number of esters is 1. The minimum Gasteiger partial charge on any atom is -0.465 e. The standard InChI is InChI=1S/C13H19NO5S/c1-10(18-2)8-14-20(16,17)9-11-4-6-12(7-5-11)13(15)19-3/h4-7,10,14H,8-9H2,1-3H3. The molecule has 0 aliphatic heterocycles. The third-order valence-corrected chi connectivity index (χ3v) is 4.04. The van der Waals surface area contributed by atoms with Gasteiger partial charge in [-0.1, -0.05) is 12.1 Å². The number of sulfonamides is 1. The summed E-state index contributed by atoms with van der Waals surface area (Å²) in [4.78, 5) is 11.3. The summed E-state index contributed by atoms with van der Waals surface area (Å²) in [7, 11) is -0.613. The quantitative estimate of drug-likeness (QED) is 0.758. The highest BCUT2D eigenvalue weighted by atomic mass is 32.2. The third kappa shape index (κ3) is 5.28. The van der Waals surface area contributed by atoms with Gasteiger partial charge in [-0.3, -0.25) is 0 Å². The van der Waals surface area contributed by atoms with Gasteiger partial charge in [-0.15, -0.1) is 0 Å². The Morgan fingerprint density at radius 1 is 1.25 bits per heavy atom. The summed E-state index contributed by atoms with van der Waals surface area (Å²) in [5, 5.41) is 0. The van der Waals surface area contributed by atoms with Crippen molar-refractivity contribution < 1.29 is 22.7 Å². The number of ether oxygens (including phenoxy) is 2. The predicted molar refractivity (Wildman–Crippen MR) is 74.9 cm³/mol. The number of benzene rings is 1. The molecule has 6 nitrogen and oxygen atoms in total. The Morgan fingerprint density at radius 3 is 2.35 bits per heavy atom. The SMILES string of the molecule is COC(=O)c1ccc(CS(=O)(=O)NCC(C)OC)cc1. The molecule has 0 spiro atoms. The van der Waals surface area contributed by atoms with Crippen LogP contribution in [0.25, 0.3) is 0 Å². The summed E-state index contributed by atoms with van der Waals surface area (Å²) >= 11 is 0. The number of hydrogen-bond donors (Lipinski definition) is 1. The van der Waals surface area contributed by atoms with Crippen molar-refractivity contribution >= 4 is 16.0 Å². The monoisotopic (exact) mass is 301 g/mol. The van der Waals surface area contributed by atoms with Crippen molar-refractivity contribution in [1.82, 2.24) is 4.72 Å². The first kappa shape index (κ1) is 16.6. The maximum atomic E-state index is 11.8. The van der Waals surface area contributed by atoms with Crippen LogP contribution in [0.5, 0.6) is 0 Å². The van der Waals surface area contributed by atoms with Gasteiger partial charge < -0.3 is 9.47 Å². The van der Waals surface area contributed by atoms with Gasteiger partial charge in [-0.25, -0.2) is 17.9 Å². The molecule has 1 aromatic carbocycles. The lowest BCUT2D eigenvalue weighted by Gasteiger charge is -2.11. The van der Waals surface area contributed by atoms with Crippen LogP contribution in [-0.2, 0) is 25.2 Å². The van der Waals surface area contributed by atoms with Crippen molar-refractivity contribution in [3.63, 3.8) is 0 Å². The van der Waals surface area contributed by atoms with E-state index in [4.69, 9.17) is 4.74 Å². The van der Waals surface area contributed by atoms with Gasteiger partial charge in [0.15, 0.2) is 0 Å². The van der Waals surface area contributed by atoms with Crippen LogP contribution in [0, 0.1) is 0 Å². The van der Waals surface area contributed by atoms with E-state index in [1.165, 1.54) is 26.4 Å². The van der Waals surface area contributed by atoms with Crippen LogP contribution in [0.1, 0.15) is 22.8 Å². The van der Waals surface area contributed by atoms with Crippen molar-refractivity contribution in [1.29, 1.82) is 0 Å². The molecule has 112 valence electrons. The van der Waals surface area contributed by atoms with E-state index in [1.807, 2.05) is 0 Å². The van der Waals surface area contributed by atoms with Gasteiger partial charge in [-0.2, -0.15) is 0 Å². The van der Waals surface area contributed by atoms with E-state index in [2.05, 4.69) is 9.46 Å². The predicted octanol–water partition coefficient (Wildman–Crippen LogP) is 0.927. The molecule has 1 N–H and O–H groups in total. The highest BCUT2D eigenvalue weighted by Gasteiger charge is 2.13. The van der Waals surface area contributed by atoms with Gasteiger partial charge in [0.25, 0.3) is 0 Å². The van der Waals surface area contributed by atoms with E-state index in [0.717, 1.165) is 0 Å². The van der Waals surface area contributed by atoms with Crippen molar-refractivity contribution in [2.75, 3.05) is 20.8 Å². The first-order valence-corrected chi connectivity index (χ1v) is 7.70. The highest BCUT2D eigenvalue weighted by Crippen LogP contribution is 2.09. The van der Waals surface area contributed by atoms with Crippen molar-refractivity contribution in [2.24, 2.45) is 0 Å². The fraction of sp³-hybridized carbons (Fsp3) is 0.462. The van der Waals surface area contributed by atoms with Crippen LogP contribution in [-0.4, -0.2) is 41.3 Å². The number of hydrogen-bond acceptors (Lipinski definition) is 5. The van der Waals surface area contributed by atoms with Crippen LogP contribution < -0.4 is 4.72 Å². The highest BCUT2D eigenvalue weighted by molar-refractivity contribution is 7.88. The second-order valence-electron chi connectivity index (χ2n) is 4.34. The van der Waals surface area contributed by atoms with E-state index in [9.17, 15) is 13.2 Å². The summed E-state index contributed by atoms with van der Waals surface area (Å²) in [5.41, 5.74) is 0.977. The summed E-state index contributed by atoms with van der Waals surface area (Å²) in [6.07, 6.45) is -0.188. The number of methoxy groups -OCH3 is 2. The molecular weight excluding hydrogens is 282 g/mol. The number of nitrogens with one attached hydrogen (secondary N) is 1. The van der Waals surface area contributed by atoms with E-state index in [1.54, 1.807) is 19.1 Å². The van der Waals surface area contributed by atoms with Gasteiger partial charge in [-0.05, 0) is 24.6 Å². The molecule has 1 atom stereocenters. The topological polar surface area (TPSA) is 81.7 Å². The smallest absolute Gasteiger partial charge is 0.337 e. The van der Waals surface area contributed by atoms with Gasteiger partial charge in [0.1, 0.15) is 0 Å². The van der Waals surface area contributed by atoms with Gasteiger partial charge in [0, 0.05) is 13.7 Å². The van der Waals surface area contributed by atoms with Crippen LogP contribution >= 0.6 is 0 Å². The third-order valence-electron chi connectivity index (χ3n) is 2.72. The molecule has 0 aromatic heterocycles. The fourth-order valence-corrected chi connectivity index (χ4v) is 2.67. The average Bonchev–Trinajstić information content (AvgIpc) is 2.44. The second-order valence-corrected chi connectivity index (χ2v) is 6.15. The molecule has 1 aromatic rings. The Bertz CT molecular complexity index is 538. The molecule has 0 saturated carbocycles. The number of carbonyl (C=O) groups excluding carboxylic acids is 1. The number of carbonyl (C=O) groups is 1. The molecular formula is C13H19NO5S. The molecule has 0 bridgehead atoms. The minimum absolute atomic E-state index is 0.148. The zero-order chi connectivity index (χ0) is 15.2. The molecule has 1 rings (SSSR count). The Kier molecular flexibility index (Phi) is 6.12. The number of rotatable bonds is 7. The largest absolute Gasteiger partial charge is 0.465 e. The minimum atomic E-state index is -3.42. The summed E-state index contributed by atoms with van der Waals surface area (Å²) in [6.45, 7) is 1.99.